The zero-order valence-electron chi connectivity index (χ0n) is 8.08. The van der Waals surface area contributed by atoms with E-state index in [1.807, 2.05) is 25.1 Å². The van der Waals surface area contributed by atoms with E-state index in [1.54, 1.807) is 6.33 Å². The van der Waals surface area contributed by atoms with Gasteiger partial charge in [0.2, 0.25) is 0 Å². The Labute approximate surface area is 82.2 Å². The van der Waals surface area contributed by atoms with Crippen molar-refractivity contribution in [1.29, 1.82) is 0 Å². The fraction of sp³-hybridized carbons (Fsp3) is 0.273. The number of hydrogen-bond acceptors (Lipinski definition) is 2. The number of carbonyl (C=O) groups is 1. The molecule has 0 saturated heterocycles. The number of imidazole rings is 1. The van der Waals surface area contributed by atoms with Gasteiger partial charge in [-0.2, -0.15) is 0 Å². The maximum Gasteiger partial charge on any atom is 0.162 e. The van der Waals surface area contributed by atoms with Crippen LogP contribution in [0, 0.1) is 0 Å². The van der Waals surface area contributed by atoms with E-state index in [4.69, 9.17) is 0 Å². The molecule has 2 rings (SSSR count). The van der Waals surface area contributed by atoms with E-state index in [0.717, 1.165) is 23.0 Å². The van der Waals surface area contributed by atoms with Gasteiger partial charge < -0.3 is 4.98 Å². The van der Waals surface area contributed by atoms with Gasteiger partial charge in [-0.1, -0.05) is 6.92 Å². The summed E-state index contributed by atoms with van der Waals surface area (Å²) in [6.45, 7) is 2.01. The number of rotatable bonds is 3. The van der Waals surface area contributed by atoms with Crippen LogP contribution < -0.4 is 0 Å². The predicted octanol–water partition coefficient (Wildman–Crippen LogP) is 2.55. The molecular weight excluding hydrogens is 176 g/mol. The smallest absolute Gasteiger partial charge is 0.162 e. The first-order valence-electron chi connectivity index (χ1n) is 4.77. The van der Waals surface area contributed by atoms with Crippen molar-refractivity contribution < 1.29 is 4.79 Å². The van der Waals surface area contributed by atoms with E-state index in [1.165, 1.54) is 0 Å². The minimum atomic E-state index is 0.198. The number of hydrogen-bond donors (Lipinski definition) is 1. The monoisotopic (exact) mass is 188 g/mol. The van der Waals surface area contributed by atoms with Crippen LogP contribution in [0.4, 0.5) is 0 Å². The summed E-state index contributed by atoms with van der Waals surface area (Å²) in [5, 5.41) is 0. The molecule has 72 valence electrons. The van der Waals surface area contributed by atoms with Gasteiger partial charge in [-0.05, 0) is 24.6 Å². The summed E-state index contributed by atoms with van der Waals surface area (Å²) in [5.74, 6) is 0.198. The van der Waals surface area contributed by atoms with Crippen molar-refractivity contribution in [2.75, 3.05) is 0 Å². The summed E-state index contributed by atoms with van der Waals surface area (Å²) in [4.78, 5) is 18.7. The lowest BCUT2D eigenvalue weighted by molar-refractivity contribution is 0.0982. The number of aromatic nitrogens is 2. The molecule has 0 amide bonds. The molecule has 14 heavy (non-hydrogen) atoms. The van der Waals surface area contributed by atoms with Crippen molar-refractivity contribution >= 4 is 16.8 Å². The molecule has 0 fully saturated rings. The largest absolute Gasteiger partial charge is 0.345 e. The van der Waals surface area contributed by atoms with Crippen LogP contribution in [-0.4, -0.2) is 15.8 Å². The van der Waals surface area contributed by atoms with Crippen LogP contribution in [0.1, 0.15) is 30.1 Å². The number of Topliss-reactive ketones (excluding diaryl/α,β-unsaturated/α-hetero) is 1. The molecule has 3 nitrogen and oxygen atoms in total. The van der Waals surface area contributed by atoms with Crippen molar-refractivity contribution in [1.82, 2.24) is 9.97 Å². The highest BCUT2D eigenvalue weighted by atomic mass is 16.1. The van der Waals surface area contributed by atoms with Gasteiger partial charge in [0.25, 0.3) is 0 Å². The fourth-order valence-corrected chi connectivity index (χ4v) is 1.48. The van der Waals surface area contributed by atoms with Gasteiger partial charge in [0, 0.05) is 12.0 Å². The molecular formula is C11H12N2O. The van der Waals surface area contributed by atoms with Crippen LogP contribution in [0.3, 0.4) is 0 Å². The molecule has 1 heterocycles. The Morgan fingerprint density at radius 2 is 2.36 bits per heavy atom. The molecule has 0 radical (unpaired) electrons. The second-order valence-corrected chi connectivity index (χ2v) is 3.31. The minimum Gasteiger partial charge on any atom is -0.345 e. The summed E-state index contributed by atoms with van der Waals surface area (Å²) >= 11 is 0. The highest BCUT2D eigenvalue weighted by Crippen LogP contribution is 2.13. The first kappa shape index (κ1) is 8.94. The summed E-state index contributed by atoms with van der Waals surface area (Å²) in [7, 11) is 0. The second kappa shape index (κ2) is 3.62. The topological polar surface area (TPSA) is 45.8 Å². The molecule has 0 saturated carbocycles. The van der Waals surface area contributed by atoms with Crippen LogP contribution in [-0.2, 0) is 0 Å². The summed E-state index contributed by atoms with van der Waals surface area (Å²) in [6, 6.07) is 5.57. The average Bonchev–Trinajstić information content (AvgIpc) is 2.64. The van der Waals surface area contributed by atoms with Crippen molar-refractivity contribution in [2.45, 2.75) is 19.8 Å². The lowest BCUT2D eigenvalue weighted by atomic mass is 10.1. The Bertz CT molecular complexity index is 459. The zero-order chi connectivity index (χ0) is 9.97. The van der Waals surface area contributed by atoms with Crippen LogP contribution in [0.5, 0.6) is 0 Å². The maximum absolute atomic E-state index is 11.6. The van der Waals surface area contributed by atoms with Gasteiger partial charge in [0.15, 0.2) is 5.78 Å². The number of H-pyrrole nitrogens is 1. The summed E-state index contributed by atoms with van der Waals surface area (Å²) in [5.41, 5.74) is 2.59. The van der Waals surface area contributed by atoms with Crippen molar-refractivity contribution in [3.63, 3.8) is 0 Å². The summed E-state index contributed by atoms with van der Waals surface area (Å²) in [6.07, 6.45) is 3.14. The number of nitrogens with one attached hydrogen (secondary N) is 1. The third-order valence-electron chi connectivity index (χ3n) is 2.22. The van der Waals surface area contributed by atoms with Crippen molar-refractivity contribution in [3.8, 4) is 0 Å². The minimum absolute atomic E-state index is 0.198. The molecule has 2 aromatic rings. The van der Waals surface area contributed by atoms with Crippen LogP contribution in [0.2, 0.25) is 0 Å². The number of fused-ring (bicyclic) bond motifs is 1. The molecule has 0 atom stereocenters. The molecule has 0 unspecified atom stereocenters. The van der Waals surface area contributed by atoms with E-state index >= 15 is 0 Å². The molecule has 0 aliphatic heterocycles. The van der Waals surface area contributed by atoms with E-state index in [2.05, 4.69) is 9.97 Å². The highest BCUT2D eigenvalue weighted by Gasteiger charge is 2.05. The average molecular weight is 188 g/mol. The zero-order valence-corrected chi connectivity index (χ0v) is 8.08. The molecule has 1 aromatic heterocycles. The molecule has 1 N–H and O–H groups in total. The van der Waals surface area contributed by atoms with Gasteiger partial charge in [0.1, 0.15) is 0 Å². The van der Waals surface area contributed by atoms with Gasteiger partial charge >= 0.3 is 0 Å². The molecule has 0 bridgehead atoms. The van der Waals surface area contributed by atoms with Crippen molar-refractivity contribution in [3.05, 3.63) is 30.1 Å². The Balaban J connectivity index is 2.38. The summed E-state index contributed by atoms with van der Waals surface area (Å²) < 4.78 is 0. The standard InChI is InChI=1S/C11H12N2O/c1-2-3-11(14)8-4-5-9-10(6-8)13-7-12-9/h4-7H,2-3H2,1H3,(H,12,13). The van der Waals surface area contributed by atoms with Crippen molar-refractivity contribution in [2.24, 2.45) is 0 Å². The third kappa shape index (κ3) is 1.53. The van der Waals surface area contributed by atoms with Crippen LogP contribution in [0.15, 0.2) is 24.5 Å². The number of nitrogens with zero attached hydrogens (tertiary/aromatic N) is 1. The Morgan fingerprint density at radius 3 is 3.14 bits per heavy atom. The first-order valence-corrected chi connectivity index (χ1v) is 4.77. The number of benzene rings is 1. The Kier molecular flexibility index (Phi) is 2.31. The first-order chi connectivity index (χ1) is 6.81. The van der Waals surface area contributed by atoms with E-state index in [-0.39, 0.29) is 5.78 Å². The van der Waals surface area contributed by atoms with Gasteiger partial charge in [-0.3, -0.25) is 4.79 Å². The lowest BCUT2D eigenvalue weighted by Gasteiger charge is -1.98. The molecule has 0 spiro atoms. The van der Waals surface area contributed by atoms with Gasteiger partial charge in [0.05, 0.1) is 17.4 Å². The number of ketones is 1. The molecule has 3 heteroatoms. The molecule has 0 aliphatic carbocycles. The third-order valence-corrected chi connectivity index (χ3v) is 2.22. The van der Waals surface area contributed by atoms with Gasteiger partial charge in [-0.15, -0.1) is 0 Å². The highest BCUT2D eigenvalue weighted by molar-refractivity contribution is 5.98. The fourth-order valence-electron chi connectivity index (χ4n) is 1.48. The lowest BCUT2D eigenvalue weighted by Crippen LogP contribution is -1.97. The number of carbonyl (C=O) groups excluding carboxylic acids is 1. The molecule has 1 aromatic carbocycles. The maximum atomic E-state index is 11.6. The molecule has 0 aliphatic rings. The normalized spacial score (nSPS) is 10.6. The Hall–Kier alpha value is -1.64. The quantitative estimate of drug-likeness (QED) is 0.752. The van der Waals surface area contributed by atoms with E-state index < -0.39 is 0 Å². The van der Waals surface area contributed by atoms with E-state index in [9.17, 15) is 4.79 Å². The Morgan fingerprint density at radius 1 is 1.50 bits per heavy atom. The van der Waals surface area contributed by atoms with Crippen LogP contribution >= 0.6 is 0 Å². The van der Waals surface area contributed by atoms with Gasteiger partial charge in [-0.25, -0.2) is 4.98 Å². The second-order valence-electron chi connectivity index (χ2n) is 3.31. The van der Waals surface area contributed by atoms with E-state index in [0.29, 0.717) is 6.42 Å². The van der Waals surface area contributed by atoms with Crippen LogP contribution in [0.25, 0.3) is 11.0 Å². The SMILES string of the molecule is CCCC(=O)c1ccc2nc[nH]c2c1. The predicted molar refractivity (Wildman–Crippen MR) is 55.3 cm³/mol. The number of aromatic amines is 1.